The van der Waals surface area contributed by atoms with E-state index in [2.05, 4.69) is 20.1 Å². The molecular formula is C30H30FN7O3. The van der Waals surface area contributed by atoms with Crippen molar-refractivity contribution in [2.24, 2.45) is 0 Å². The van der Waals surface area contributed by atoms with E-state index in [1.807, 2.05) is 26.1 Å². The number of aliphatic hydroxyl groups excluding tert-OH is 2. The van der Waals surface area contributed by atoms with Crippen LogP contribution in [-0.4, -0.2) is 46.1 Å². The largest absolute Gasteiger partial charge is 0.394 e. The van der Waals surface area contributed by atoms with E-state index in [1.165, 1.54) is 10.6 Å². The fourth-order valence-corrected chi connectivity index (χ4v) is 5.04. The number of fused-ring (bicyclic) bond motifs is 1. The van der Waals surface area contributed by atoms with Gasteiger partial charge in [-0.25, -0.2) is 9.37 Å². The Balaban J connectivity index is 1.40. The zero-order valence-corrected chi connectivity index (χ0v) is 22.8. The summed E-state index contributed by atoms with van der Waals surface area (Å²) in [6.45, 7) is 3.23. The van der Waals surface area contributed by atoms with E-state index in [0.717, 1.165) is 24.0 Å². The summed E-state index contributed by atoms with van der Waals surface area (Å²) in [5, 5.41) is 25.0. The fraction of sp³-hybridized carbons (Fsp3) is 0.300. The van der Waals surface area contributed by atoms with Gasteiger partial charge in [-0.1, -0.05) is 18.2 Å². The van der Waals surface area contributed by atoms with Gasteiger partial charge in [0.25, 0.3) is 5.56 Å². The lowest BCUT2D eigenvalue weighted by molar-refractivity contribution is 0.152. The van der Waals surface area contributed by atoms with Crippen molar-refractivity contribution in [2.45, 2.75) is 51.2 Å². The van der Waals surface area contributed by atoms with Crippen molar-refractivity contribution in [3.05, 3.63) is 93.7 Å². The highest BCUT2D eigenvalue weighted by atomic mass is 19.1. The van der Waals surface area contributed by atoms with Gasteiger partial charge in [0, 0.05) is 29.9 Å². The zero-order chi connectivity index (χ0) is 28.9. The number of hydrogen-bond donors (Lipinski definition) is 3. The van der Waals surface area contributed by atoms with Crippen LogP contribution in [0.25, 0.3) is 27.8 Å². The molecule has 0 unspecified atom stereocenters. The first-order valence-electron chi connectivity index (χ1n) is 13.4. The quantitative estimate of drug-likeness (QED) is 0.264. The van der Waals surface area contributed by atoms with E-state index in [9.17, 15) is 15.0 Å². The van der Waals surface area contributed by atoms with E-state index in [-0.39, 0.29) is 23.8 Å². The van der Waals surface area contributed by atoms with E-state index in [1.54, 1.807) is 41.3 Å². The van der Waals surface area contributed by atoms with Crippen LogP contribution in [0.1, 0.15) is 55.1 Å². The van der Waals surface area contributed by atoms with Crippen LogP contribution in [0, 0.1) is 5.82 Å². The number of nitrogens with two attached hydrogens (primary N) is 1. The van der Waals surface area contributed by atoms with Crippen LogP contribution < -0.4 is 11.3 Å². The SMILES string of the molecule is CC(C)(CO)n1cc(Cc2nc(N)nc(-c3cccc(-n4ccc5cc(C6CC6)cc(F)c5c4=O)c3CO)n2)cn1. The second kappa shape index (κ2) is 10.2. The van der Waals surface area contributed by atoms with Gasteiger partial charge in [0.15, 0.2) is 5.82 Å². The number of benzene rings is 2. The third-order valence-corrected chi connectivity index (χ3v) is 7.54. The zero-order valence-electron chi connectivity index (χ0n) is 22.8. The molecule has 0 radical (unpaired) electrons. The highest BCUT2D eigenvalue weighted by molar-refractivity contribution is 5.83. The number of rotatable bonds is 8. The lowest BCUT2D eigenvalue weighted by atomic mass is 10.0. The maximum Gasteiger partial charge on any atom is 0.265 e. The van der Waals surface area contributed by atoms with Crippen LogP contribution >= 0.6 is 0 Å². The molecular weight excluding hydrogens is 525 g/mol. The molecule has 2 aromatic carbocycles. The number of nitrogen functional groups attached to an aromatic ring is 1. The monoisotopic (exact) mass is 555 g/mol. The maximum absolute atomic E-state index is 15.2. The minimum absolute atomic E-state index is 0.00113. The predicted octanol–water partition coefficient (Wildman–Crippen LogP) is 3.45. The van der Waals surface area contributed by atoms with Gasteiger partial charge >= 0.3 is 0 Å². The van der Waals surface area contributed by atoms with Gasteiger partial charge in [-0.2, -0.15) is 15.1 Å². The summed E-state index contributed by atoms with van der Waals surface area (Å²) in [6.07, 6.45) is 7.46. The Bertz CT molecular complexity index is 1840. The highest BCUT2D eigenvalue weighted by Crippen LogP contribution is 2.41. The molecule has 3 aromatic heterocycles. The Morgan fingerprint density at radius 2 is 1.93 bits per heavy atom. The molecule has 41 heavy (non-hydrogen) atoms. The molecule has 1 saturated carbocycles. The van der Waals surface area contributed by atoms with Gasteiger partial charge in [0.2, 0.25) is 5.95 Å². The van der Waals surface area contributed by atoms with Gasteiger partial charge in [-0.05, 0) is 67.3 Å². The van der Waals surface area contributed by atoms with Crippen molar-refractivity contribution in [1.29, 1.82) is 0 Å². The molecule has 1 aliphatic rings. The van der Waals surface area contributed by atoms with Crippen molar-refractivity contribution in [3.63, 3.8) is 0 Å². The molecule has 0 aliphatic heterocycles. The Labute approximate surface area is 235 Å². The molecule has 0 atom stereocenters. The first-order valence-corrected chi connectivity index (χ1v) is 13.4. The lowest BCUT2D eigenvalue weighted by Crippen LogP contribution is -2.30. The molecule has 1 fully saturated rings. The predicted molar refractivity (Wildman–Crippen MR) is 152 cm³/mol. The molecule has 10 nitrogen and oxygen atoms in total. The first-order chi connectivity index (χ1) is 19.7. The molecule has 1 aliphatic carbocycles. The summed E-state index contributed by atoms with van der Waals surface area (Å²) in [7, 11) is 0. The third kappa shape index (κ3) is 4.98. The summed E-state index contributed by atoms with van der Waals surface area (Å²) < 4.78 is 18.2. The Morgan fingerprint density at radius 1 is 1.12 bits per heavy atom. The minimum Gasteiger partial charge on any atom is -0.394 e. The summed E-state index contributed by atoms with van der Waals surface area (Å²) in [4.78, 5) is 26.7. The molecule has 6 rings (SSSR count). The van der Waals surface area contributed by atoms with Crippen molar-refractivity contribution in [1.82, 2.24) is 29.3 Å². The summed E-state index contributed by atoms with van der Waals surface area (Å²) >= 11 is 0. The molecule has 0 spiro atoms. The average Bonchev–Trinajstić information content (AvgIpc) is 3.70. The molecule has 0 bridgehead atoms. The number of pyridine rings is 1. The molecule has 3 heterocycles. The number of halogens is 1. The second-order valence-corrected chi connectivity index (χ2v) is 11.1. The Hall–Kier alpha value is -4.48. The summed E-state index contributed by atoms with van der Waals surface area (Å²) in [5.74, 6) is 0.426. The van der Waals surface area contributed by atoms with Crippen LogP contribution in [0.4, 0.5) is 10.3 Å². The maximum atomic E-state index is 15.2. The molecule has 0 saturated heterocycles. The van der Waals surface area contributed by atoms with Crippen LogP contribution in [0.2, 0.25) is 0 Å². The normalized spacial score (nSPS) is 13.7. The molecule has 5 aromatic rings. The summed E-state index contributed by atoms with van der Waals surface area (Å²) in [5.41, 5.74) is 7.93. The molecule has 4 N–H and O–H groups in total. The average molecular weight is 556 g/mol. The van der Waals surface area contributed by atoms with E-state index < -0.39 is 23.5 Å². The van der Waals surface area contributed by atoms with Gasteiger partial charge < -0.3 is 15.9 Å². The standard InChI is InChI=1S/C30H30FN7O3/c1-30(2,16-40)38-14-17(13-33-38)10-25-34-27(36-29(32)35-25)21-4-3-5-24(22(21)15-39)37-9-8-19-11-20(18-6-7-18)12-23(31)26(19)28(37)41/h3-5,8-9,11-14,18,39-40H,6-7,10,15-16H2,1-2H3,(H2,32,34,35,36). The summed E-state index contributed by atoms with van der Waals surface area (Å²) in [6, 6.07) is 10.2. The van der Waals surface area contributed by atoms with Gasteiger partial charge in [-0.15, -0.1) is 0 Å². The second-order valence-electron chi connectivity index (χ2n) is 11.1. The van der Waals surface area contributed by atoms with Crippen molar-refractivity contribution in [3.8, 4) is 17.1 Å². The van der Waals surface area contributed by atoms with Crippen LogP contribution in [-0.2, 0) is 18.6 Å². The highest BCUT2D eigenvalue weighted by Gasteiger charge is 2.26. The number of hydrogen-bond acceptors (Lipinski definition) is 8. The Morgan fingerprint density at radius 3 is 2.66 bits per heavy atom. The smallest absolute Gasteiger partial charge is 0.265 e. The van der Waals surface area contributed by atoms with Crippen molar-refractivity contribution < 1.29 is 14.6 Å². The van der Waals surface area contributed by atoms with E-state index >= 15 is 4.39 Å². The van der Waals surface area contributed by atoms with E-state index in [0.29, 0.717) is 40.4 Å². The Kier molecular flexibility index (Phi) is 6.63. The van der Waals surface area contributed by atoms with Gasteiger partial charge in [0.1, 0.15) is 11.6 Å². The van der Waals surface area contributed by atoms with Crippen molar-refractivity contribution in [2.75, 3.05) is 12.3 Å². The number of aliphatic hydroxyl groups is 2. The lowest BCUT2D eigenvalue weighted by Gasteiger charge is -2.22. The van der Waals surface area contributed by atoms with Gasteiger partial charge in [-0.3, -0.25) is 14.0 Å². The van der Waals surface area contributed by atoms with Gasteiger partial charge in [0.05, 0.1) is 36.0 Å². The fourth-order valence-electron chi connectivity index (χ4n) is 5.04. The van der Waals surface area contributed by atoms with Crippen LogP contribution in [0.3, 0.4) is 0 Å². The first kappa shape index (κ1) is 26.7. The van der Waals surface area contributed by atoms with Crippen LogP contribution in [0.15, 0.2) is 59.8 Å². The van der Waals surface area contributed by atoms with E-state index in [4.69, 9.17) is 5.73 Å². The molecule has 0 amide bonds. The number of anilines is 1. The number of aromatic nitrogens is 6. The minimum atomic E-state index is -0.568. The molecule has 11 heteroatoms. The number of nitrogens with zero attached hydrogens (tertiary/aromatic N) is 6. The van der Waals surface area contributed by atoms with Crippen molar-refractivity contribution >= 4 is 16.7 Å². The third-order valence-electron chi connectivity index (χ3n) is 7.54. The molecule has 210 valence electrons. The topological polar surface area (TPSA) is 145 Å². The van der Waals surface area contributed by atoms with Crippen LogP contribution in [0.5, 0.6) is 0 Å².